The molecule has 2 aromatic rings. The van der Waals surface area contributed by atoms with Crippen molar-refractivity contribution >= 4 is 27.4 Å². The number of anilines is 2. The Hall–Kier alpha value is -2.58. The van der Waals surface area contributed by atoms with E-state index in [0.717, 1.165) is 43.4 Å². The van der Waals surface area contributed by atoms with Gasteiger partial charge in [0.2, 0.25) is 0 Å². The van der Waals surface area contributed by atoms with Crippen molar-refractivity contribution in [2.45, 2.75) is 103 Å². The van der Waals surface area contributed by atoms with E-state index in [4.69, 9.17) is 4.74 Å². The number of hydrogen-bond acceptors (Lipinski definition) is 6. The lowest BCUT2D eigenvalue weighted by Crippen LogP contribution is -2.43. The molecule has 0 spiro atoms. The maximum absolute atomic E-state index is 14.0. The molecule has 1 heterocycles. The molecule has 0 radical (unpaired) electrons. The lowest BCUT2D eigenvalue weighted by Gasteiger charge is -2.42. The van der Waals surface area contributed by atoms with Crippen LogP contribution in [0, 0.1) is 11.8 Å². The molecule has 0 aromatic heterocycles. The summed E-state index contributed by atoms with van der Waals surface area (Å²) in [5.74, 6) is -0.0723. The third kappa shape index (κ3) is 6.82. The van der Waals surface area contributed by atoms with Crippen molar-refractivity contribution in [3.05, 3.63) is 53.6 Å². The number of carbonyl (C=O) groups excluding carboxylic acids is 1. The molecule has 0 saturated heterocycles. The summed E-state index contributed by atoms with van der Waals surface area (Å²) in [4.78, 5) is 15.1. The number of esters is 1. The van der Waals surface area contributed by atoms with Gasteiger partial charge in [-0.2, -0.15) is 0 Å². The minimum absolute atomic E-state index is 0.0869. The maximum Gasteiger partial charge on any atom is 0.309 e. The second-order valence-corrected chi connectivity index (χ2v) is 14.6. The van der Waals surface area contributed by atoms with Crippen molar-refractivity contribution in [1.29, 1.82) is 0 Å². The Morgan fingerprint density at radius 2 is 1.70 bits per heavy atom. The van der Waals surface area contributed by atoms with Crippen LogP contribution in [-0.4, -0.2) is 44.2 Å². The Kier molecular flexibility index (Phi) is 9.20. The highest BCUT2D eigenvalue weighted by Crippen LogP contribution is 2.41. The van der Waals surface area contributed by atoms with Crippen LogP contribution in [0.15, 0.2) is 47.4 Å². The SMILES string of the molecule is CCc1ccc(N(CC(C)C)S(=O)(=O)c2ccc3c(c2)C(O)CCN3C2CCC(C(=O)OC(C)(C)C)CC2)cc1. The van der Waals surface area contributed by atoms with Gasteiger partial charge in [0.05, 0.1) is 22.6 Å². The first kappa shape index (κ1) is 30.4. The number of rotatable bonds is 8. The molecule has 40 heavy (non-hydrogen) atoms. The highest BCUT2D eigenvalue weighted by Gasteiger charge is 2.36. The molecule has 0 bridgehead atoms. The molecule has 1 saturated carbocycles. The lowest BCUT2D eigenvalue weighted by atomic mass is 9.84. The average molecular weight is 571 g/mol. The summed E-state index contributed by atoms with van der Waals surface area (Å²) < 4.78 is 35.1. The zero-order chi connectivity index (χ0) is 29.2. The zero-order valence-corrected chi connectivity index (χ0v) is 25.7. The number of aliphatic hydroxyl groups excluding tert-OH is 1. The number of aryl methyl sites for hydroxylation is 1. The summed E-state index contributed by atoms with van der Waals surface area (Å²) in [6, 6.07) is 13.2. The van der Waals surface area contributed by atoms with Crippen LogP contribution in [0.5, 0.6) is 0 Å². The van der Waals surface area contributed by atoms with Crippen LogP contribution in [-0.2, 0) is 26.0 Å². The number of benzene rings is 2. The standard InChI is InChI=1S/C32H46N2O5S/c1-7-23-8-12-26(13-9-23)34(21-22(2)3)40(37,38)27-16-17-29-28(20-27)30(35)18-19-33(29)25-14-10-24(11-15-25)31(36)39-32(4,5)6/h8-9,12-13,16-17,20,22,24-25,30,35H,7,10-11,14-15,18-19,21H2,1-6H3. The molecule has 1 unspecified atom stereocenters. The van der Waals surface area contributed by atoms with Crippen LogP contribution in [0.25, 0.3) is 0 Å². The van der Waals surface area contributed by atoms with E-state index in [-0.39, 0.29) is 28.7 Å². The van der Waals surface area contributed by atoms with E-state index < -0.39 is 21.7 Å². The average Bonchev–Trinajstić information content (AvgIpc) is 2.91. The Labute approximate surface area is 240 Å². The Morgan fingerprint density at radius 3 is 2.27 bits per heavy atom. The summed E-state index contributed by atoms with van der Waals surface area (Å²) in [6.45, 7) is 12.8. The maximum atomic E-state index is 14.0. The Morgan fingerprint density at radius 1 is 1.05 bits per heavy atom. The molecule has 1 atom stereocenters. The van der Waals surface area contributed by atoms with Crippen molar-refractivity contribution in [2.75, 3.05) is 22.3 Å². The highest BCUT2D eigenvalue weighted by molar-refractivity contribution is 7.92. The molecule has 1 fully saturated rings. The van der Waals surface area contributed by atoms with Gasteiger partial charge in [0.25, 0.3) is 10.0 Å². The fourth-order valence-electron chi connectivity index (χ4n) is 5.85. The van der Waals surface area contributed by atoms with Crippen LogP contribution in [0.1, 0.15) is 90.9 Å². The van der Waals surface area contributed by atoms with E-state index >= 15 is 0 Å². The largest absolute Gasteiger partial charge is 0.460 e. The molecule has 2 aromatic carbocycles. The summed E-state index contributed by atoms with van der Waals surface area (Å²) in [7, 11) is -3.85. The van der Waals surface area contributed by atoms with Gasteiger partial charge in [-0.25, -0.2) is 8.42 Å². The van der Waals surface area contributed by atoms with Crippen molar-refractivity contribution in [1.82, 2.24) is 0 Å². The van der Waals surface area contributed by atoms with Crippen molar-refractivity contribution in [3.8, 4) is 0 Å². The van der Waals surface area contributed by atoms with E-state index in [9.17, 15) is 18.3 Å². The molecule has 4 rings (SSSR count). The number of hydrogen-bond donors (Lipinski definition) is 1. The third-order valence-corrected chi connectivity index (χ3v) is 9.73. The van der Waals surface area contributed by atoms with Gasteiger partial charge in [0.15, 0.2) is 0 Å². The van der Waals surface area contributed by atoms with Crippen LogP contribution in [0.3, 0.4) is 0 Å². The fourth-order valence-corrected chi connectivity index (χ4v) is 7.51. The smallest absolute Gasteiger partial charge is 0.309 e. The second-order valence-electron chi connectivity index (χ2n) is 12.7. The van der Waals surface area contributed by atoms with E-state index in [1.807, 2.05) is 65.0 Å². The van der Waals surface area contributed by atoms with Gasteiger partial charge < -0.3 is 14.7 Å². The first-order valence-corrected chi connectivity index (χ1v) is 16.2. The summed E-state index contributed by atoms with van der Waals surface area (Å²) >= 11 is 0. The predicted molar refractivity (Wildman–Crippen MR) is 160 cm³/mol. The van der Waals surface area contributed by atoms with Gasteiger partial charge in [-0.1, -0.05) is 32.9 Å². The highest BCUT2D eigenvalue weighted by atomic mass is 32.2. The van der Waals surface area contributed by atoms with E-state index in [0.29, 0.717) is 30.8 Å². The number of ether oxygens (including phenoxy) is 1. The first-order chi connectivity index (χ1) is 18.8. The topological polar surface area (TPSA) is 87.2 Å². The van der Waals surface area contributed by atoms with E-state index in [1.54, 1.807) is 12.1 Å². The minimum Gasteiger partial charge on any atom is -0.460 e. The minimum atomic E-state index is -3.85. The second kappa shape index (κ2) is 12.1. The van der Waals surface area contributed by atoms with Crippen molar-refractivity contribution < 1.29 is 23.1 Å². The number of fused-ring (bicyclic) bond motifs is 1. The molecule has 7 nitrogen and oxygen atoms in total. The molecule has 8 heteroatoms. The molecule has 1 aliphatic carbocycles. The summed E-state index contributed by atoms with van der Waals surface area (Å²) in [5, 5.41) is 11.0. The van der Waals surface area contributed by atoms with Gasteiger partial charge in [-0.3, -0.25) is 9.10 Å². The van der Waals surface area contributed by atoms with E-state index in [2.05, 4.69) is 11.8 Å². The van der Waals surface area contributed by atoms with Gasteiger partial charge in [-0.05, 0) is 101 Å². The molecule has 1 N–H and O–H groups in total. The van der Waals surface area contributed by atoms with Crippen LogP contribution in [0.2, 0.25) is 0 Å². The summed E-state index contributed by atoms with van der Waals surface area (Å²) in [5.41, 5.74) is 2.86. The molecule has 1 aliphatic heterocycles. The van der Waals surface area contributed by atoms with Crippen molar-refractivity contribution in [2.24, 2.45) is 11.8 Å². The van der Waals surface area contributed by atoms with Crippen molar-refractivity contribution in [3.63, 3.8) is 0 Å². The third-order valence-electron chi connectivity index (χ3n) is 7.94. The van der Waals surface area contributed by atoms with Crippen LogP contribution < -0.4 is 9.21 Å². The molecule has 2 aliphatic rings. The van der Waals surface area contributed by atoms with Crippen LogP contribution in [0.4, 0.5) is 11.4 Å². The number of nitrogens with zero attached hydrogens (tertiary/aromatic N) is 2. The van der Waals surface area contributed by atoms with Gasteiger partial charge in [0.1, 0.15) is 5.60 Å². The van der Waals surface area contributed by atoms with Gasteiger partial charge >= 0.3 is 5.97 Å². The quantitative estimate of drug-likeness (QED) is 0.378. The normalized spacial score (nSPS) is 21.7. The zero-order valence-electron chi connectivity index (χ0n) is 24.9. The van der Waals surface area contributed by atoms with Crippen LogP contribution >= 0.6 is 0 Å². The molecular weight excluding hydrogens is 524 g/mol. The molecule has 0 amide bonds. The fraction of sp³-hybridized carbons (Fsp3) is 0.594. The van der Waals surface area contributed by atoms with E-state index in [1.165, 1.54) is 4.31 Å². The summed E-state index contributed by atoms with van der Waals surface area (Å²) in [6.07, 6.45) is 3.95. The Bertz CT molecular complexity index is 1280. The monoisotopic (exact) mass is 570 g/mol. The molecular formula is C32H46N2O5S. The molecule has 220 valence electrons. The predicted octanol–water partition coefficient (Wildman–Crippen LogP) is 6.24. The van der Waals surface area contributed by atoms with Gasteiger partial charge in [-0.15, -0.1) is 0 Å². The number of aliphatic hydroxyl groups is 1. The Balaban J connectivity index is 1.57. The number of carbonyl (C=O) groups is 1. The first-order valence-electron chi connectivity index (χ1n) is 14.7. The number of sulfonamides is 1. The van der Waals surface area contributed by atoms with Gasteiger partial charge in [0, 0.05) is 30.4 Å². The lowest BCUT2D eigenvalue weighted by molar-refractivity contribution is -0.161.